The number of halogens is 1. The van der Waals surface area contributed by atoms with Crippen LogP contribution in [0, 0.1) is 11.3 Å². The molecular formula is C16H15ClN2O2. The third-order valence-corrected chi connectivity index (χ3v) is 3.06. The fraction of sp³-hybridized carbons (Fsp3) is 0.188. The maximum absolute atomic E-state index is 9.86. The van der Waals surface area contributed by atoms with E-state index in [0.717, 1.165) is 5.69 Å². The number of nitrogens with one attached hydrogen (secondary N) is 1. The van der Waals surface area contributed by atoms with Crippen molar-refractivity contribution in [1.82, 2.24) is 0 Å². The summed E-state index contributed by atoms with van der Waals surface area (Å²) in [5, 5.41) is 22.3. The average molecular weight is 303 g/mol. The van der Waals surface area contributed by atoms with Crippen molar-refractivity contribution in [1.29, 1.82) is 5.26 Å². The van der Waals surface area contributed by atoms with Crippen LogP contribution >= 0.6 is 11.6 Å². The van der Waals surface area contributed by atoms with Crippen LogP contribution in [0.15, 0.2) is 48.5 Å². The lowest BCUT2D eigenvalue weighted by Crippen LogP contribution is -2.26. The van der Waals surface area contributed by atoms with Crippen LogP contribution < -0.4 is 10.1 Å². The molecule has 0 saturated carbocycles. The van der Waals surface area contributed by atoms with Crippen molar-refractivity contribution in [2.75, 3.05) is 18.5 Å². The van der Waals surface area contributed by atoms with Gasteiger partial charge in [0.2, 0.25) is 0 Å². The Kier molecular flexibility index (Phi) is 5.44. The number of nitriles is 1. The van der Waals surface area contributed by atoms with E-state index in [1.165, 1.54) is 0 Å². The normalized spacial score (nSPS) is 11.5. The molecule has 1 atom stereocenters. The fourth-order valence-electron chi connectivity index (χ4n) is 1.68. The van der Waals surface area contributed by atoms with Gasteiger partial charge in [-0.15, -0.1) is 0 Å². The van der Waals surface area contributed by atoms with Gasteiger partial charge in [-0.1, -0.05) is 11.6 Å². The van der Waals surface area contributed by atoms with E-state index in [0.29, 0.717) is 22.9 Å². The maximum atomic E-state index is 9.86. The van der Waals surface area contributed by atoms with E-state index >= 15 is 0 Å². The van der Waals surface area contributed by atoms with Crippen molar-refractivity contribution in [3.63, 3.8) is 0 Å². The van der Waals surface area contributed by atoms with E-state index in [1.807, 2.05) is 0 Å². The molecule has 2 aromatic rings. The molecule has 21 heavy (non-hydrogen) atoms. The van der Waals surface area contributed by atoms with Crippen molar-refractivity contribution in [3.05, 3.63) is 59.1 Å². The number of rotatable bonds is 6. The minimum atomic E-state index is -0.642. The van der Waals surface area contributed by atoms with Gasteiger partial charge in [0.05, 0.1) is 11.6 Å². The van der Waals surface area contributed by atoms with E-state index in [1.54, 1.807) is 48.5 Å². The Hall–Kier alpha value is -2.22. The molecule has 0 fully saturated rings. The highest BCUT2D eigenvalue weighted by Crippen LogP contribution is 2.15. The molecule has 0 aliphatic rings. The van der Waals surface area contributed by atoms with Crippen LogP contribution in [-0.2, 0) is 0 Å². The van der Waals surface area contributed by atoms with Gasteiger partial charge in [0.1, 0.15) is 18.5 Å². The molecular weight excluding hydrogens is 288 g/mol. The summed E-state index contributed by atoms with van der Waals surface area (Å²) in [6, 6.07) is 16.1. The highest BCUT2D eigenvalue weighted by Gasteiger charge is 2.05. The Morgan fingerprint density at radius 3 is 2.43 bits per heavy atom. The Balaban J connectivity index is 1.75. The first-order valence-corrected chi connectivity index (χ1v) is 6.85. The van der Waals surface area contributed by atoms with Crippen LogP contribution in [0.3, 0.4) is 0 Å². The Morgan fingerprint density at radius 2 is 1.81 bits per heavy atom. The van der Waals surface area contributed by atoms with Crippen LogP contribution in [0.4, 0.5) is 5.69 Å². The first-order valence-electron chi connectivity index (χ1n) is 6.48. The minimum absolute atomic E-state index is 0.185. The van der Waals surface area contributed by atoms with Crippen molar-refractivity contribution in [3.8, 4) is 11.8 Å². The lowest BCUT2D eigenvalue weighted by Gasteiger charge is -2.14. The number of benzene rings is 2. The van der Waals surface area contributed by atoms with E-state index in [4.69, 9.17) is 21.6 Å². The molecule has 0 aromatic heterocycles. The molecule has 0 amide bonds. The highest BCUT2D eigenvalue weighted by molar-refractivity contribution is 6.30. The molecule has 0 saturated heterocycles. The summed E-state index contributed by atoms with van der Waals surface area (Å²) in [4.78, 5) is 0. The quantitative estimate of drug-likeness (QED) is 0.860. The summed E-state index contributed by atoms with van der Waals surface area (Å²) in [7, 11) is 0. The van der Waals surface area contributed by atoms with Crippen LogP contribution in [-0.4, -0.2) is 24.4 Å². The smallest absolute Gasteiger partial charge is 0.119 e. The molecule has 5 heteroatoms. The maximum Gasteiger partial charge on any atom is 0.119 e. The zero-order valence-electron chi connectivity index (χ0n) is 11.3. The van der Waals surface area contributed by atoms with Crippen LogP contribution in [0.5, 0.6) is 5.75 Å². The van der Waals surface area contributed by atoms with E-state index in [2.05, 4.69) is 11.4 Å². The first kappa shape index (κ1) is 15.2. The Morgan fingerprint density at radius 1 is 1.14 bits per heavy atom. The standard InChI is InChI=1S/C16H15ClN2O2/c17-13-3-7-16(8-4-13)21-11-15(20)10-19-14-5-1-12(9-18)2-6-14/h1-8,15,19-20H,10-11H2. The molecule has 0 spiro atoms. The van der Waals surface area contributed by atoms with Gasteiger partial charge in [0.25, 0.3) is 0 Å². The monoisotopic (exact) mass is 302 g/mol. The third kappa shape index (κ3) is 4.99. The van der Waals surface area contributed by atoms with Crippen molar-refractivity contribution >= 4 is 17.3 Å². The summed E-state index contributed by atoms with van der Waals surface area (Å²) >= 11 is 5.78. The van der Waals surface area contributed by atoms with Crippen molar-refractivity contribution < 1.29 is 9.84 Å². The molecule has 0 bridgehead atoms. The molecule has 0 radical (unpaired) electrons. The molecule has 0 aliphatic heterocycles. The zero-order valence-corrected chi connectivity index (χ0v) is 12.0. The average Bonchev–Trinajstić information content (AvgIpc) is 2.53. The van der Waals surface area contributed by atoms with Crippen LogP contribution in [0.1, 0.15) is 5.56 Å². The van der Waals surface area contributed by atoms with Gasteiger partial charge >= 0.3 is 0 Å². The van der Waals surface area contributed by atoms with Gasteiger partial charge in [-0.3, -0.25) is 0 Å². The predicted molar refractivity (Wildman–Crippen MR) is 82.6 cm³/mol. The summed E-state index contributed by atoms with van der Waals surface area (Å²) in [5.41, 5.74) is 1.45. The van der Waals surface area contributed by atoms with Gasteiger partial charge in [-0.25, -0.2) is 0 Å². The lowest BCUT2D eigenvalue weighted by molar-refractivity contribution is 0.117. The summed E-state index contributed by atoms with van der Waals surface area (Å²) in [6.45, 7) is 0.546. The van der Waals surface area contributed by atoms with Gasteiger partial charge in [-0.05, 0) is 48.5 Å². The van der Waals surface area contributed by atoms with Crippen molar-refractivity contribution in [2.24, 2.45) is 0 Å². The number of ether oxygens (including phenoxy) is 1. The Labute approximate surface area is 128 Å². The number of aliphatic hydroxyl groups is 1. The summed E-state index contributed by atoms with van der Waals surface area (Å²) in [5.74, 6) is 0.664. The summed E-state index contributed by atoms with van der Waals surface area (Å²) in [6.07, 6.45) is -0.642. The van der Waals surface area contributed by atoms with Gasteiger partial charge in [0, 0.05) is 17.3 Å². The number of anilines is 1. The van der Waals surface area contributed by atoms with Crippen LogP contribution in [0.25, 0.3) is 0 Å². The highest BCUT2D eigenvalue weighted by atomic mass is 35.5. The number of aliphatic hydroxyl groups excluding tert-OH is 1. The molecule has 108 valence electrons. The molecule has 2 N–H and O–H groups in total. The van der Waals surface area contributed by atoms with Gasteiger partial charge in [0.15, 0.2) is 0 Å². The Bertz CT molecular complexity index is 606. The minimum Gasteiger partial charge on any atom is -0.491 e. The molecule has 2 aromatic carbocycles. The largest absolute Gasteiger partial charge is 0.491 e. The van der Waals surface area contributed by atoms with Gasteiger partial charge in [-0.2, -0.15) is 5.26 Å². The first-order chi connectivity index (χ1) is 10.2. The third-order valence-electron chi connectivity index (χ3n) is 2.81. The van der Waals surface area contributed by atoms with Crippen LogP contribution in [0.2, 0.25) is 5.02 Å². The molecule has 2 rings (SSSR count). The summed E-state index contributed by atoms with van der Waals surface area (Å²) < 4.78 is 5.46. The van der Waals surface area contributed by atoms with Crippen molar-refractivity contribution in [2.45, 2.75) is 6.10 Å². The molecule has 4 nitrogen and oxygen atoms in total. The fourth-order valence-corrected chi connectivity index (χ4v) is 1.81. The molecule has 0 heterocycles. The lowest BCUT2D eigenvalue weighted by atomic mass is 10.2. The molecule has 0 aliphatic carbocycles. The predicted octanol–water partition coefficient (Wildman–Crippen LogP) is 3.06. The second kappa shape index (κ2) is 7.53. The SMILES string of the molecule is N#Cc1ccc(NCC(O)COc2ccc(Cl)cc2)cc1. The molecule has 1 unspecified atom stereocenters. The number of hydrogen-bond acceptors (Lipinski definition) is 4. The van der Waals surface area contributed by atoms with Gasteiger partial charge < -0.3 is 15.2 Å². The number of hydrogen-bond donors (Lipinski definition) is 2. The number of nitrogens with zero attached hydrogens (tertiary/aromatic N) is 1. The second-order valence-corrected chi connectivity index (χ2v) is 4.93. The zero-order chi connectivity index (χ0) is 15.1. The van der Waals surface area contributed by atoms with E-state index < -0.39 is 6.10 Å². The van der Waals surface area contributed by atoms with E-state index in [-0.39, 0.29) is 6.61 Å². The second-order valence-electron chi connectivity index (χ2n) is 4.49. The van der Waals surface area contributed by atoms with E-state index in [9.17, 15) is 5.11 Å². The topological polar surface area (TPSA) is 65.3 Å².